The van der Waals surface area contributed by atoms with E-state index in [1.54, 1.807) is 66.7 Å². The Morgan fingerprint density at radius 3 is 2.21 bits per heavy atom. The van der Waals surface area contributed by atoms with Crippen molar-refractivity contribution in [2.24, 2.45) is 0 Å². The lowest BCUT2D eigenvalue weighted by molar-refractivity contribution is -0.131. The molecule has 0 radical (unpaired) electrons. The summed E-state index contributed by atoms with van der Waals surface area (Å²) in [5.41, 5.74) is 2.36. The summed E-state index contributed by atoms with van der Waals surface area (Å²) in [7, 11) is 0. The Bertz CT molecular complexity index is 1040. The van der Waals surface area contributed by atoms with E-state index in [0.29, 0.717) is 16.8 Å². The van der Waals surface area contributed by atoms with Crippen LogP contribution >= 0.6 is 0 Å². The van der Waals surface area contributed by atoms with E-state index in [1.165, 1.54) is 6.92 Å². The quantitative estimate of drug-likeness (QED) is 0.409. The van der Waals surface area contributed by atoms with Gasteiger partial charge < -0.3 is 10.1 Å². The van der Waals surface area contributed by atoms with Gasteiger partial charge in [-0.25, -0.2) is 0 Å². The van der Waals surface area contributed by atoms with Crippen molar-refractivity contribution in [1.29, 1.82) is 0 Å². The Morgan fingerprint density at radius 2 is 1.50 bits per heavy atom. The fraction of sp³-hybridized carbons (Fsp3) is 0.0870. The molecule has 0 saturated carbocycles. The summed E-state index contributed by atoms with van der Waals surface area (Å²) < 4.78 is 5.17. The first-order valence-corrected chi connectivity index (χ1v) is 8.75. The highest BCUT2D eigenvalue weighted by Crippen LogP contribution is 2.24. The number of para-hydroxylation sites is 1. The number of hydrogen-bond acceptors (Lipinski definition) is 4. The van der Waals surface area contributed by atoms with Crippen LogP contribution in [0, 0.1) is 6.92 Å². The number of nitrogens with one attached hydrogen (secondary N) is 1. The van der Waals surface area contributed by atoms with Gasteiger partial charge in [0.15, 0.2) is 5.78 Å². The van der Waals surface area contributed by atoms with Gasteiger partial charge in [-0.15, -0.1) is 0 Å². The lowest BCUT2D eigenvalue weighted by atomic mass is 10.0. The zero-order valence-electron chi connectivity index (χ0n) is 15.6. The second-order valence-corrected chi connectivity index (χ2v) is 6.29. The molecule has 3 rings (SSSR count). The largest absolute Gasteiger partial charge is 0.426 e. The molecule has 0 bridgehead atoms. The number of carbonyl (C=O) groups is 3. The molecule has 1 amide bonds. The zero-order chi connectivity index (χ0) is 20.1. The second-order valence-electron chi connectivity index (χ2n) is 6.29. The molecule has 5 heteroatoms. The van der Waals surface area contributed by atoms with Gasteiger partial charge in [0.25, 0.3) is 5.91 Å². The van der Waals surface area contributed by atoms with E-state index in [4.69, 9.17) is 4.74 Å². The lowest BCUT2D eigenvalue weighted by Gasteiger charge is -2.13. The fourth-order valence-corrected chi connectivity index (χ4v) is 2.78. The van der Waals surface area contributed by atoms with Crippen molar-refractivity contribution in [2.75, 3.05) is 5.32 Å². The summed E-state index contributed by atoms with van der Waals surface area (Å²) in [6, 6.07) is 20.6. The number of esters is 1. The molecule has 0 aliphatic heterocycles. The van der Waals surface area contributed by atoms with Crippen LogP contribution in [0.2, 0.25) is 0 Å². The number of carbonyl (C=O) groups excluding carboxylic acids is 3. The Morgan fingerprint density at radius 1 is 0.821 bits per heavy atom. The molecule has 0 aliphatic rings. The van der Waals surface area contributed by atoms with Crippen molar-refractivity contribution in [3.05, 3.63) is 95.1 Å². The minimum Gasteiger partial charge on any atom is -0.426 e. The maximum Gasteiger partial charge on any atom is 0.308 e. The van der Waals surface area contributed by atoms with Crippen LogP contribution in [0.15, 0.2) is 72.8 Å². The number of benzene rings is 3. The average Bonchev–Trinajstić information content (AvgIpc) is 2.68. The van der Waals surface area contributed by atoms with E-state index < -0.39 is 11.9 Å². The van der Waals surface area contributed by atoms with Crippen molar-refractivity contribution >= 4 is 23.3 Å². The predicted molar refractivity (Wildman–Crippen MR) is 107 cm³/mol. The SMILES string of the molecule is CC(=O)Oc1cc(C)ccc1C(=O)Nc1ccccc1C(=O)c1ccccc1. The molecule has 0 aromatic heterocycles. The number of amides is 1. The summed E-state index contributed by atoms with van der Waals surface area (Å²) >= 11 is 0. The van der Waals surface area contributed by atoms with Crippen LogP contribution in [-0.4, -0.2) is 17.7 Å². The van der Waals surface area contributed by atoms with E-state index in [1.807, 2.05) is 13.0 Å². The number of ether oxygens (including phenoxy) is 1. The number of anilines is 1. The summed E-state index contributed by atoms with van der Waals surface area (Å²) in [6.07, 6.45) is 0. The van der Waals surface area contributed by atoms with Crippen LogP contribution in [0.1, 0.15) is 38.8 Å². The molecule has 140 valence electrons. The second kappa shape index (κ2) is 8.31. The van der Waals surface area contributed by atoms with E-state index >= 15 is 0 Å². The molecule has 5 nitrogen and oxygen atoms in total. The summed E-state index contributed by atoms with van der Waals surface area (Å²) in [4.78, 5) is 37.0. The van der Waals surface area contributed by atoms with Gasteiger partial charge in [-0.3, -0.25) is 14.4 Å². The Hall–Kier alpha value is -3.73. The minimum absolute atomic E-state index is 0.178. The highest BCUT2D eigenvalue weighted by molar-refractivity contribution is 6.15. The highest BCUT2D eigenvalue weighted by Gasteiger charge is 2.18. The van der Waals surface area contributed by atoms with Gasteiger partial charge in [0, 0.05) is 18.1 Å². The molecule has 3 aromatic rings. The molecule has 0 spiro atoms. The summed E-state index contributed by atoms with van der Waals surface area (Å²) in [5, 5.41) is 2.76. The van der Waals surface area contributed by atoms with E-state index in [9.17, 15) is 14.4 Å². The molecule has 0 fully saturated rings. The standard InChI is InChI=1S/C23H19NO4/c1-15-12-13-19(21(14-15)28-16(2)25)23(27)24-20-11-7-6-10-18(20)22(26)17-8-4-3-5-9-17/h3-14H,1-2H3,(H,24,27). The van der Waals surface area contributed by atoms with Crippen molar-refractivity contribution < 1.29 is 19.1 Å². The van der Waals surface area contributed by atoms with E-state index in [0.717, 1.165) is 5.56 Å². The van der Waals surface area contributed by atoms with Gasteiger partial charge in [-0.05, 0) is 36.8 Å². The minimum atomic E-state index is -0.515. The normalized spacial score (nSPS) is 10.2. The third-order valence-electron chi connectivity index (χ3n) is 4.09. The number of aryl methyl sites for hydroxylation is 1. The molecule has 0 heterocycles. The summed E-state index contributed by atoms with van der Waals surface area (Å²) in [6.45, 7) is 3.11. The molecule has 1 N–H and O–H groups in total. The van der Waals surface area contributed by atoms with Gasteiger partial charge in [0.1, 0.15) is 5.75 Å². The van der Waals surface area contributed by atoms with Crippen LogP contribution in [-0.2, 0) is 4.79 Å². The van der Waals surface area contributed by atoms with Crippen molar-refractivity contribution in [2.45, 2.75) is 13.8 Å². The predicted octanol–water partition coefficient (Wildman–Crippen LogP) is 4.40. The summed E-state index contributed by atoms with van der Waals surface area (Å²) in [5.74, 6) is -0.999. The van der Waals surface area contributed by atoms with Gasteiger partial charge in [-0.2, -0.15) is 0 Å². The van der Waals surface area contributed by atoms with E-state index in [-0.39, 0.29) is 17.1 Å². The van der Waals surface area contributed by atoms with Gasteiger partial charge in [0.05, 0.1) is 11.3 Å². The van der Waals surface area contributed by atoms with Crippen LogP contribution in [0.3, 0.4) is 0 Å². The van der Waals surface area contributed by atoms with Gasteiger partial charge in [-0.1, -0.05) is 48.5 Å². The highest BCUT2D eigenvalue weighted by atomic mass is 16.5. The molecule has 3 aromatic carbocycles. The molecule has 0 unspecified atom stereocenters. The maximum atomic E-state index is 12.8. The van der Waals surface area contributed by atoms with Crippen molar-refractivity contribution in [3.63, 3.8) is 0 Å². The third kappa shape index (κ3) is 4.32. The maximum absolute atomic E-state index is 12.8. The fourth-order valence-electron chi connectivity index (χ4n) is 2.78. The number of rotatable bonds is 5. The molecule has 28 heavy (non-hydrogen) atoms. The first-order valence-electron chi connectivity index (χ1n) is 8.75. The number of hydrogen-bond donors (Lipinski definition) is 1. The Labute approximate surface area is 163 Å². The van der Waals surface area contributed by atoms with Gasteiger partial charge >= 0.3 is 5.97 Å². The monoisotopic (exact) mass is 373 g/mol. The Kier molecular flexibility index (Phi) is 5.65. The zero-order valence-corrected chi connectivity index (χ0v) is 15.6. The van der Waals surface area contributed by atoms with Crippen LogP contribution in [0.4, 0.5) is 5.69 Å². The molecule has 0 aliphatic carbocycles. The van der Waals surface area contributed by atoms with Crippen LogP contribution in [0.25, 0.3) is 0 Å². The average molecular weight is 373 g/mol. The molecule has 0 atom stereocenters. The third-order valence-corrected chi connectivity index (χ3v) is 4.09. The molecule has 0 saturated heterocycles. The topological polar surface area (TPSA) is 72.5 Å². The first-order chi connectivity index (χ1) is 13.5. The van der Waals surface area contributed by atoms with Crippen LogP contribution < -0.4 is 10.1 Å². The van der Waals surface area contributed by atoms with Gasteiger partial charge in [0.2, 0.25) is 0 Å². The lowest BCUT2D eigenvalue weighted by Crippen LogP contribution is -2.17. The first kappa shape index (κ1) is 19.0. The van der Waals surface area contributed by atoms with Crippen molar-refractivity contribution in [1.82, 2.24) is 0 Å². The van der Waals surface area contributed by atoms with E-state index in [2.05, 4.69) is 5.32 Å². The van der Waals surface area contributed by atoms with Crippen molar-refractivity contribution in [3.8, 4) is 5.75 Å². The number of ketones is 1. The smallest absolute Gasteiger partial charge is 0.308 e. The Balaban J connectivity index is 1.92. The molecular weight excluding hydrogens is 354 g/mol. The molecular formula is C23H19NO4. The van der Waals surface area contributed by atoms with Crippen LogP contribution in [0.5, 0.6) is 5.75 Å².